The first-order chi connectivity index (χ1) is 15.1. The minimum atomic E-state index is -0.212. The zero-order valence-electron chi connectivity index (χ0n) is 18.9. The number of rotatable bonds is 9. The van der Waals surface area contributed by atoms with Gasteiger partial charge in [0.2, 0.25) is 0 Å². The highest BCUT2D eigenvalue weighted by atomic mass is 127. The number of hydrogen-bond donors (Lipinski definition) is 2. The number of guanidine groups is 1. The first-order valence-corrected chi connectivity index (χ1v) is 11.9. The number of nitrogens with zero attached hydrogens (tertiary/aromatic N) is 5. The van der Waals surface area contributed by atoms with Gasteiger partial charge in [-0.2, -0.15) is 11.8 Å². The predicted octanol–water partition coefficient (Wildman–Crippen LogP) is 2.31. The van der Waals surface area contributed by atoms with E-state index >= 15 is 0 Å². The lowest BCUT2D eigenvalue weighted by molar-refractivity contribution is 0.0389. The molecular formula is C21H33FIN7OS. The summed E-state index contributed by atoms with van der Waals surface area (Å²) in [5, 5.41) is 15.1. The second kappa shape index (κ2) is 14.0. The molecule has 1 fully saturated rings. The molecule has 3 rings (SSSR count). The van der Waals surface area contributed by atoms with Gasteiger partial charge in [0.25, 0.3) is 0 Å². The number of nitrogens with one attached hydrogen (secondary N) is 2. The van der Waals surface area contributed by atoms with Crippen LogP contribution in [0.1, 0.15) is 22.8 Å². The van der Waals surface area contributed by atoms with Gasteiger partial charge in [0.1, 0.15) is 11.6 Å². The Morgan fingerprint density at radius 2 is 2.00 bits per heavy atom. The van der Waals surface area contributed by atoms with Crippen molar-refractivity contribution in [3.05, 3.63) is 46.8 Å². The maximum atomic E-state index is 13.7. The predicted molar refractivity (Wildman–Crippen MR) is 138 cm³/mol. The van der Waals surface area contributed by atoms with Crippen LogP contribution in [0.5, 0.6) is 0 Å². The van der Waals surface area contributed by atoms with Crippen molar-refractivity contribution in [1.82, 2.24) is 30.3 Å². The summed E-state index contributed by atoms with van der Waals surface area (Å²) in [6, 6.07) is 4.92. The van der Waals surface area contributed by atoms with E-state index in [2.05, 4.69) is 25.7 Å². The summed E-state index contributed by atoms with van der Waals surface area (Å²) in [4.78, 5) is 7.13. The number of aliphatic imine (C=N–C) groups is 1. The third kappa shape index (κ3) is 8.16. The fourth-order valence-electron chi connectivity index (χ4n) is 3.30. The molecule has 0 spiro atoms. The molecular weight excluding hydrogens is 544 g/mol. The molecule has 1 aliphatic rings. The van der Waals surface area contributed by atoms with E-state index in [1.54, 1.807) is 17.8 Å². The zero-order valence-corrected chi connectivity index (χ0v) is 22.1. The number of halogens is 2. The summed E-state index contributed by atoms with van der Waals surface area (Å²) in [5.74, 6) is 2.95. The van der Waals surface area contributed by atoms with E-state index in [-0.39, 0.29) is 29.8 Å². The van der Waals surface area contributed by atoms with E-state index in [0.29, 0.717) is 19.0 Å². The molecule has 0 unspecified atom stereocenters. The molecule has 0 saturated carbocycles. The second-order valence-corrected chi connectivity index (χ2v) is 8.33. The van der Waals surface area contributed by atoms with Crippen LogP contribution in [0.25, 0.3) is 0 Å². The van der Waals surface area contributed by atoms with E-state index in [4.69, 9.17) is 9.73 Å². The Kier molecular flexibility index (Phi) is 11.7. The van der Waals surface area contributed by atoms with Gasteiger partial charge >= 0.3 is 0 Å². The van der Waals surface area contributed by atoms with Gasteiger partial charge in [-0.05, 0) is 36.4 Å². The SMILES string of the molecule is CSCc1cc(F)ccc1CN=C(NCCN1CCOCC1)NCc1nnc(C)n1C.I. The van der Waals surface area contributed by atoms with Gasteiger partial charge in [0, 0.05) is 39.0 Å². The van der Waals surface area contributed by atoms with E-state index in [0.717, 1.165) is 67.9 Å². The van der Waals surface area contributed by atoms with E-state index in [1.807, 2.05) is 30.9 Å². The molecule has 1 aromatic heterocycles. The Morgan fingerprint density at radius 3 is 2.69 bits per heavy atom. The third-order valence-corrected chi connectivity index (χ3v) is 5.90. The maximum Gasteiger partial charge on any atom is 0.192 e. The Labute approximate surface area is 210 Å². The molecule has 32 heavy (non-hydrogen) atoms. The van der Waals surface area contributed by atoms with Gasteiger partial charge in [0.15, 0.2) is 11.8 Å². The quantitative estimate of drug-likeness (QED) is 0.269. The summed E-state index contributed by atoms with van der Waals surface area (Å²) in [6.07, 6.45) is 2.01. The standard InChI is InChI=1S/C21H32FN7OS.HI/c1-16-26-27-20(28(16)2)14-25-21(23-6-7-29-8-10-30-11-9-29)24-13-17-4-5-19(22)12-18(17)15-31-3;/h4-5,12H,6-11,13-15H2,1-3H3,(H2,23,24,25);1H. The number of ether oxygens (including phenoxy) is 1. The summed E-state index contributed by atoms with van der Waals surface area (Å²) >= 11 is 1.67. The largest absolute Gasteiger partial charge is 0.379 e. The molecule has 2 N–H and O–H groups in total. The smallest absolute Gasteiger partial charge is 0.192 e. The van der Waals surface area contributed by atoms with Crippen molar-refractivity contribution < 1.29 is 9.13 Å². The molecule has 2 heterocycles. The van der Waals surface area contributed by atoms with Gasteiger partial charge < -0.3 is 19.9 Å². The van der Waals surface area contributed by atoms with E-state index in [9.17, 15) is 4.39 Å². The molecule has 1 aromatic carbocycles. The Bertz CT molecular complexity index is 874. The highest BCUT2D eigenvalue weighted by molar-refractivity contribution is 14.0. The van der Waals surface area contributed by atoms with Gasteiger partial charge in [-0.3, -0.25) is 4.90 Å². The number of hydrogen-bond acceptors (Lipinski definition) is 6. The van der Waals surface area contributed by atoms with Crippen molar-refractivity contribution in [2.75, 3.05) is 45.6 Å². The molecule has 1 aliphatic heterocycles. The van der Waals surface area contributed by atoms with Crippen LogP contribution >= 0.6 is 35.7 Å². The lowest BCUT2D eigenvalue weighted by Gasteiger charge is -2.26. The third-order valence-electron chi connectivity index (χ3n) is 5.30. The molecule has 178 valence electrons. The fraction of sp³-hybridized carbons (Fsp3) is 0.571. The van der Waals surface area contributed by atoms with Crippen LogP contribution in [0.2, 0.25) is 0 Å². The van der Waals surface area contributed by atoms with E-state index < -0.39 is 0 Å². The molecule has 0 atom stereocenters. The Hall–Kier alpha value is -1.44. The van der Waals surface area contributed by atoms with Crippen molar-refractivity contribution in [1.29, 1.82) is 0 Å². The fourth-order valence-corrected chi connectivity index (χ4v) is 3.88. The van der Waals surface area contributed by atoms with Crippen LogP contribution in [0.3, 0.4) is 0 Å². The summed E-state index contributed by atoms with van der Waals surface area (Å²) < 4.78 is 21.0. The molecule has 1 saturated heterocycles. The summed E-state index contributed by atoms with van der Waals surface area (Å²) in [7, 11) is 1.95. The monoisotopic (exact) mass is 577 g/mol. The van der Waals surface area contributed by atoms with Gasteiger partial charge in [-0.25, -0.2) is 9.38 Å². The highest BCUT2D eigenvalue weighted by Crippen LogP contribution is 2.17. The normalized spacial score (nSPS) is 14.8. The lowest BCUT2D eigenvalue weighted by Crippen LogP contribution is -2.44. The number of aromatic nitrogens is 3. The van der Waals surface area contributed by atoms with Crippen LogP contribution in [0.15, 0.2) is 23.2 Å². The molecule has 0 amide bonds. The van der Waals surface area contributed by atoms with Crippen molar-refractivity contribution >= 4 is 41.7 Å². The van der Waals surface area contributed by atoms with Crippen LogP contribution in [0.4, 0.5) is 4.39 Å². The van der Waals surface area contributed by atoms with Crippen molar-refractivity contribution in [2.45, 2.75) is 25.8 Å². The number of benzene rings is 1. The van der Waals surface area contributed by atoms with Crippen LogP contribution in [-0.4, -0.2) is 71.3 Å². The molecule has 2 aromatic rings. The average molecular weight is 578 g/mol. The van der Waals surface area contributed by atoms with Gasteiger partial charge in [0.05, 0.1) is 26.3 Å². The second-order valence-electron chi connectivity index (χ2n) is 7.47. The minimum absolute atomic E-state index is 0. The first-order valence-electron chi connectivity index (χ1n) is 10.5. The van der Waals surface area contributed by atoms with Crippen molar-refractivity contribution in [3.8, 4) is 0 Å². The first kappa shape index (κ1) is 26.8. The zero-order chi connectivity index (χ0) is 22.1. The van der Waals surface area contributed by atoms with Crippen LogP contribution < -0.4 is 10.6 Å². The van der Waals surface area contributed by atoms with Crippen molar-refractivity contribution in [2.24, 2.45) is 12.0 Å². The summed E-state index contributed by atoms with van der Waals surface area (Å²) in [6.45, 7) is 8.07. The van der Waals surface area contributed by atoms with E-state index in [1.165, 1.54) is 6.07 Å². The number of thioether (sulfide) groups is 1. The average Bonchev–Trinajstić information content (AvgIpc) is 3.09. The Morgan fingerprint density at radius 1 is 1.22 bits per heavy atom. The molecule has 11 heteroatoms. The maximum absolute atomic E-state index is 13.7. The van der Waals surface area contributed by atoms with Crippen LogP contribution in [0, 0.1) is 12.7 Å². The van der Waals surface area contributed by atoms with Crippen LogP contribution in [-0.2, 0) is 30.6 Å². The van der Waals surface area contributed by atoms with Crippen molar-refractivity contribution in [3.63, 3.8) is 0 Å². The Balaban J connectivity index is 0.00000363. The molecule has 0 aliphatic carbocycles. The molecule has 0 radical (unpaired) electrons. The lowest BCUT2D eigenvalue weighted by atomic mass is 10.1. The minimum Gasteiger partial charge on any atom is -0.379 e. The topological polar surface area (TPSA) is 79.6 Å². The molecule has 0 bridgehead atoms. The number of aryl methyl sites for hydroxylation is 1. The van der Waals surface area contributed by atoms with Gasteiger partial charge in [-0.1, -0.05) is 6.07 Å². The number of morpholine rings is 1. The molecule has 8 nitrogen and oxygen atoms in total. The summed E-state index contributed by atoms with van der Waals surface area (Å²) in [5.41, 5.74) is 2.01. The highest BCUT2D eigenvalue weighted by Gasteiger charge is 2.11. The van der Waals surface area contributed by atoms with Gasteiger partial charge in [-0.15, -0.1) is 34.2 Å².